The average molecular weight is 270 g/mol. The summed E-state index contributed by atoms with van der Waals surface area (Å²) in [5, 5.41) is 13.9. The summed E-state index contributed by atoms with van der Waals surface area (Å²) in [7, 11) is 0. The Balaban J connectivity index is 2.36. The summed E-state index contributed by atoms with van der Waals surface area (Å²) < 4.78 is 5.38. The molecule has 0 aromatic heterocycles. The van der Waals surface area contributed by atoms with Crippen molar-refractivity contribution in [1.29, 1.82) is 5.26 Å². The molecular formula is C14H26N2OS. The van der Waals surface area contributed by atoms with Crippen molar-refractivity contribution in [1.82, 2.24) is 5.32 Å². The predicted molar refractivity (Wildman–Crippen MR) is 77.8 cm³/mol. The minimum absolute atomic E-state index is 0.381. The van der Waals surface area contributed by atoms with Crippen molar-refractivity contribution in [2.45, 2.75) is 62.5 Å². The van der Waals surface area contributed by atoms with Crippen molar-refractivity contribution < 1.29 is 4.74 Å². The molecule has 1 fully saturated rings. The average Bonchev–Trinajstić information content (AvgIpc) is 2.37. The smallest absolute Gasteiger partial charge is 0.104 e. The predicted octanol–water partition coefficient (Wildman–Crippen LogP) is 2.96. The second-order valence-electron chi connectivity index (χ2n) is 5.33. The van der Waals surface area contributed by atoms with E-state index in [0.29, 0.717) is 10.5 Å². The number of nitrogens with zero attached hydrogens (tertiary/aromatic N) is 1. The molecule has 0 aromatic rings. The number of hydrogen-bond donors (Lipinski definition) is 1. The van der Waals surface area contributed by atoms with Gasteiger partial charge in [-0.25, -0.2) is 0 Å². The third-order valence-electron chi connectivity index (χ3n) is 3.30. The van der Waals surface area contributed by atoms with Gasteiger partial charge in [0.15, 0.2) is 0 Å². The molecule has 2 unspecified atom stereocenters. The lowest BCUT2D eigenvalue weighted by Gasteiger charge is -2.29. The zero-order chi connectivity index (χ0) is 13.4. The van der Waals surface area contributed by atoms with Crippen molar-refractivity contribution in [2.75, 3.05) is 19.8 Å². The Kier molecular flexibility index (Phi) is 7.06. The molecule has 104 valence electrons. The van der Waals surface area contributed by atoms with E-state index in [4.69, 9.17) is 4.74 Å². The molecule has 1 N–H and O–H groups in total. The third kappa shape index (κ3) is 5.60. The summed E-state index contributed by atoms with van der Waals surface area (Å²) in [5.74, 6) is 0. The summed E-state index contributed by atoms with van der Waals surface area (Å²) in [6.45, 7) is 9.10. The molecule has 0 radical (unpaired) electrons. The number of ether oxygens (including phenoxy) is 1. The highest BCUT2D eigenvalue weighted by Crippen LogP contribution is 2.30. The van der Waals surface area contributed by atoms with Crippen LogP contribution in [0.3, 0.4) is 0 Å². The number of nitrogens with one attached hydrogen (secondary N) is 1. The van der Waals surface area contributed by atoms with E-state index in [0.717, 1.165) is 45.4 Å². The van der Waals surface area contributed by atoms with E-state index in [9.17, 15) is 5.26 Å². The molecule has 0 bridgehead atoms. The van der Waals surface area contributed by atoms with Gasteiger partial charge in [-0.2, -0.15) is 17.0 Å². The van der Waals surface area contributed by atoms with Crippen molar-refractivity contribution in [2.24, 2.45) is 0 Å². The Morgan fingerprint density at radius 2 is 2.17 bits per heavy atom. The van der Waals surface area contributed by atoms with Gasteiger partial charge >= 0.3 is 0 Å². The number of thioether (sulfide) groups is 1. The standard InChI is InChI=1S/C14H26N2OS/c1-4-7-16-14(3,11-15)10-12(2)18-13-5-8-17-9-6-13/h12-13,16H,4-10H2,1-3H3. The van der Waals surface area contributed by atoms with E-state index in [-0.39, 0.29) is 5.54 Å². The first-order valence-electron chi connectivity index (χ1n) is 6.99. The normalized spacial score (nSPS) is 22.1. The lowest BCUT2D eigenvalue weighted by molar-refractivity contribution is 0.0999. The van der Waals surface area contributed by atoms with E-state index in [1.165, 1.54) is 0 Å². The second-order valence-corrected chi connectivity index (χ2v) is 7.08. The molecule has 1 saturated heterocycles. The Hall–Kier alpha value is -0.240. The van der Waals surface area contributed by atoms with Gasteiger partial charge in [0.25, 0.3) is 0 Å². The summed E-state index contributed by atoms with van der Waals surface area (Å²) in [4.78, 5) is 0. The van der Waals surface area contributed by atoms with Crippen LogP contribution in [0.15, 0.2) is 0 Å². The SMILES string of the molecule is CCCNC(C)(C#N)CC(C)SC1CCOCC1. The third-order valence-corrected chi connectivity index (χ3v) is 4.79. The molecular weight excluding hydrogens is 244 g/mol. The number of hydrogen-bond acceptors (Lipinski definition) is 4. The molecule has 18 heavy (non-hydrogen) atoms. The molecule has 1 aliphatic rings. The van der Waals surface area contributed by atoms with Gasteiger partial charge in [-0.05, 0) is 39.2 Å². The van der Waals surface area contributed by atoms with Crippen LogP contribution < -0.4 is 5.32 Å². The first-order chi connectivity index (χ1) is 8.59. The molecule has 0 amide bonds. The Labute approximate surface area is 116 Å². The van der Waals surface area contributed by atoms with E-state index < -0.39 is 0 Å². The summed E-state index contributed by atoms with van der Waals surface area (Å²) in [6, 6.07) is 2.43. The highest BCUT2D eigenvalue weighted by Gasteiger charge is 2.27. The molecule has 1 aliphatic heterocycles. The largest absolute Gasteiger partial charge is 0.381 e. The Morgan fingerprint density at radius 3 is 2.72 bits per heavy atom. The Bertz CT molecular complexity index is 273. The van der Waals surface area contributed by atoms with Crippen molar-refractivity contribution in [3.8, 4) is 6.07 Å². The molecule has 1 rings (SSSR count). The van der Waals surface area contributed by atoms with Gasteiger partial charge in [-0.1, -0.05) is 13.8 Å². The molecule has 4 heteroatoms. The maximum absolute atomic E-state index is 9.32. The second kappa shape index (κ2) is 8.04. The van der Waals surface area contributed by atoms with E-state index >= 15 is 0 Å². The van der Waals surface area contributed by atoms with E-state index in [2.05, 4.69) is 25.2 Å². The topological polar surface area (TPSA) is 45.0 Å². The number of rotatable bonds is 7. The van der Waals surface area contributed by atoms with Crippen LogP contribution in [0.4, 0.5) is 0 Å². The molecule has 3 nitrogen and oxygen atoms in total. The molecule has 0 spiro atoms. The maximum atomic E-state index is 9.32. The fraction of sp³-hybridized carbons (Fsp3) is 0.929. The summed E-state index contributed by atoms with van der Waals surface area (Å²) >= 11 is 2.03. The Morgan fingerprint density at radius 1 is 1.50 bits per heavy atom. The van der Waals surface area contributed by atoms with E-state index in [1.807, 2.05) is 18.7 Å². The van der Waals surface area contributed by atoms with Crippen LogP contribution in [0.1, 0.15) is 46.5 Å². The van der Waals surface area contributed by atoms with Crippen LogP contribution in [0.2, 0.25) is 0 Å². The maximum Gasteiger partial charge on any atom is 0.104 e. The molecule has 1 heterocycles. The van der Waals surface area contributed by atoms with Gasteiger partial charge in [-0.3, -0.25) is 5.32 Å². The molecule has 0 aromatic carbocycles. The lowest BCUT2D eigenvalue weighted by Crippen LogP contribution is -2.43. The van der Waals surface area contributed by atoms with Crippen LogP contribution in [-0.2, 0) is 4.74 Å². The minimum atomic E-state index is -0.381. The highest BCUT2D eigenvalue weighted by atomic mass is 32.2. The van der Waals surface area contributed by atoms with Gasteiger partial charge in [0.05, 0.1) is 6.07 Å². The van der Waals surface area contributed by atoms with Gasteiger partial charge in [0.2, 0.25) is 0 Å². The first-order valence-corrected chi connectivity index (χ1v) is 7.93. The highest BCUT2D eigenvalue weighted by molar-refractivity contribution is 8.00. The van der Waals surface area contributed by atoms with Crippen molar-refractivity contribution >= 4 is 11.8 Å². The van der Waals surface area contributed by atoms with Crippen LogP contribution in [0, 0.1) is 11.3 Å². The zero-order valence-electron chi connectivity index (χ0n) is 11.9. The van der Waals surface area contributed by atoms with Crippen LogP contribution >= 0.6 is 11.8 Å². The fourth-order valence-electron chi connectivity index (χ4n) is 2.32. The van der Waals surface area contributed by atoms with Crippen LogP contribution in [0.5, 0.6) is 0 Å². The van der Waals surface area contributed by atoms with Crippen molar-refractivity contribution in [3.05, 3.63) is 0 Å². The fourth-order valence-corrected chi connectivity index (χ4v) is 3.87. The van der Waals surface area contributed by atoms with Gasteiger partial charge < -0.3 is 4.74 Å². The summed E-state index contributed by atoms with van der Waals surface area (Å²) in [6.07, 6.45) is 4.28. The zero-order valence-corrected chi connectivity index (χ0v) is 12.7. The van der Waals surface area contributed by atoms with E-state index in [1.54, 1.807) is 0 Å². The monoisotopic (exact) mass is 270 g/mol. The van der Waals surface area contributed by atoms with Gasteiger partial charge in [-0.15, -0.1) is 0 Å². The lowest BCUT2D eigenvalue weighted by atomic mass is 9.98. The molecule has 0 saturated carbocycles. The quantitative estimate of drug-likeness (QED) is 0.772. The first kappa shape index (κ1) is 15.8. The van der Waals surface area contributed by atoms with Crippen LogP contribution in [0.25, 0.3) is 0 Å². The number of nitriles is 1. The van der Waals surface area contributed by atoms with Crippen molar-refractivity contribution in [3.63, 3.8) is 0 Å². The van der Waals surface area contributed by atoms with Gasteiger partial charge in [0, 0.05) is 23.7 Å². The van der Waals surface area contributed by atoms with Gasteiger partial charge in [0.1, 0.15) is 5.54 Å². The van der Waals surface area contributed by atoms with Crippen LogP contribution in [-0.4, -0.2) is 35.8 Å². The molecule has 2 atom stereocenters. The minimum Gasteiger partial charge on any atom is -0.381 e. The summed E-state index contributed by atoms with van der Waals surface area (Å²) in [5.41, 5.74) is -0.381. The molecule has 0 aliphatic carbocycles.